The van der Waals surface area contributed by atoms with E-state index in [1.54, 1.807) is 24.3 Å². The largest absolute Gasteiger partial charge is 0.426 e. The van der Waals surface area contributed by atoms with Crippen molar-refractivity contribution in [1.29, 1.82) is 0 Å². The van der Waals surface area contributed by atoms with Crippen LogP contribution in [0, 0.1) is 0 Å². The molecule has 0 aliphatic heterocycles. The molecule has 0 spiro atoms. The summed E-state index contributed by atoms with van der Waals surface area (Å²) in [7, 11) is -2.52. The lowest BCUT2D eigenvalue weighted by Gasteiger charge is -2.08. The number of para-hydroxylation sites is 1. The molecule has 0 aliphatic carbocycles. The molecular weight excluding hydrogens is 277 g/mol. The fraction of sp³-hybridized carbons (Fsp3) is 0.214. The van der Waals surface area contributed by atoms with Crippen LogP contribution in [0.3, 0.4) is 0 Å². The molecular formula is C14H22NO4P. The van der Waals surface area contributed by atoms with Gasteiger partial charge in [-0.3, -0.25) is 4.79 Å². The van der Waals surface area contributed by atoms with Crippen LogP contribution in [0.25, 0.3) is 0 Å². The van der Waals surface area contributed by atoms with Crippen molar-refractivity contribution in [3.05, 3.63) is 55.1 Å². The standard InChI is InChI=1S/C8H10NO4P.2C3H6/c9-5-7(10)6-3-1-2-4-8(6)13-14(11)12;2*1-3-2/h1-4,11-12H,5,9H2;2*3H,1H2,2H3. The molecule has 0 aliphatic rings. The maximum absolute atomic E-state index is 11.3. The Bertz CT molecular complexity index is 402. The van der Waals surface area contributed by atoms with Crippen LogP contribution in [0.2, 0.25) is 0 Å². The van der Waals surface area contributed by atoms with Crippen LogP contribution < -0.4 is 10.3 Å². The van der Waals surface area contributed by atoms with Crippen LogP contribution in [0.1, 0.15) is 24.2 Å². The summed E-state index contributed by atoms with van der Waals surface area (Å²) < 4.78 is 4.67. The van der Waals surface area contributed by atoms with Gasteiger partial charge in [0.15, 0.2) is 5.78 Å². The predicted molar refractivity (Wildman–Crippen MR) is 83.6 cm³/mol. The van der Waals surface area contributed by atoms with E-state index in [-0.39, 0.29) is 23.6 Å². The van der Waals surface area contributed by atoms with Gasteiger partial charge in [-0.25, -0.2) is 0 Å². The van der Waals surface area contributed by atoms with E-state index in [0.717, 1.165) is 0 Å². The number of hydrogen-bond donors (Lipinski definition) is 3. The Morgan fingerprint density at radius 2 is 1.75 bits per heavy atom. The second-order valence-corrected chi connectivity index (χ2v) is 3.97. The van der Waals surface area contributed by atoms with E-state index < -0.39 is 8.60 Å². The number of Topliss-reactive ketones (excluding diaryl/α,β-unsaturated/α-hetero) is 1. The first kappa shape index (κ1) is 20.8. The number of hydrogen-bond acceptors (Lipinski definition) is 5. The quantitative estimate of drug-likeness (QED) is 0.451. The molecule has 1 aromatic rings. The highest BCUT2D eigenvalue weighted by atomic mass is 31.2. The van der Waals surface area contributed by atoms with E-state index in [2.05, 4.69) is 17.7 Å². The van der Waals surface area contributed by atoms with Crippen LogP contribution in [0.15, 0.2) is 49.6 Å². The fourth-order valence-corrected chi connectivity index (χ4v) is 1.31. The maximum Gasteiger partial charge on any atom is 0.391 e. The SMILES string of the molecule is C=CC.C=CC.NCC(=O)c1ccccc1OP(O)O. The summed E-state index contributed by atoms with van der Waals surface area (Å²) in [5.74, 6) is -0.170. The van der Waals surface area contributed by atoms with Gasteiger partial charge in [-0.15, -0.1) is 13.2 Å². The Kier molecular flexibility index (Phi) is 14.5. The molecule has 0 atom stereocenters. The molecule has 0 fully saturated rings. The van der Waals surface area contributed by atoms with Crippen molar-refractivity contribution in [1.82, 2.24) is 0 Å². The highest BCUT2D eigenvalue weighted by molar-refractivity contribution is 7.39. The molecule has 4 N–H and O–H groups in total. The van der Waals surface area contributed by atoms with Gasteiger partial charge in [0.2, 0.25) is 0 Å². The molecule has 5 nitrogen and oxygen atoms in total. The minimum Gasteiger partial charge on any atom is -0.426 e. The van der Waals surface area contributed by atoms with Gasteiger partial charge in [0.25, 0.3) is 0 Å². The van der Waals surface area contributed by atoms with E-state index in [0.29, 0.717) is 0 Å². The zero-order valence-electron chi connectivity index (χ0n) is 11.8. The minimum absolute atomic E-state index is 0.138. The Morgan fingerprint density at radius 1 is 1.30 bits per heavy atom. The summed E-state index contributed by atoms with van der Waals surface area (Å²) in [5, 5.41) is 0. The average Bonchev–Trinajstić information content (AvgIpc) is 2.39. The molecule has 0 saturated heterocycles. The molecule has 0 heterocycles. The smallest absolute Gasteiger partial charge is 0.391 e. The fourth-order valence-electron chi connectivity index (χ4n) is 0.975. The number of allylic oxidation sites excluding steroid dienone is 2. The molecule has 0 aromatic heterocycles. The summed E-state index contributed by atoms with van der Waals surface area (Å²) in [6.07, 6.45) is 3.50. The first-order valence-electron chi connectivity index (χ1n) is 5.80. The van der Waals surface area contributed by atoms with Gasteiger partial charge in [0.1, 0.15) is 5.75 Å². The van der Waals surface area contributed by atoms with Gasteiger partial charge < -0.3 is 20.0 Å². The van der Waals surface area contributed by atoms with Crippen LogP contribution >= 0.6 is 8.60 Å². The molecule has 0 radical (unpaired) electrons. The van der Waals surface area contributed by atoms with Gasteiger partial charge >= 0.3 is 8.60 Å². The summed E-state index contributed by atoms with van der Waals surface area (Å²) in [4.78, 5) is 28.5. The highest BCUT2D eigenvalue weighted by Gasteiger charge is 2.12. The number of carbonyl (C=O) groups is 1. The van der Waals surface area contributed by atoms with Crippen LogP contribution in [-0.2, 0) is 0 Å². The lowest BCUT2D eigenvalue weighted by Crippen LogP contribution is -2.14. The van der Waals surface area contributed by atoms with Crippen molar-refractivity contribution in [2.45, 2.75) is 13.8 Å². The molecule has 0 saturated carbocycles. The van der Waals surface area contributed by atoms with Crippen LogP contribution in [0.5, 0.6) is 5.75 Å². The zero-order valence-corrected chi connectivity index (χ0v) is 12.7. The maximum atomic E-state index is 11.3. The third-order valence-corrected chi connectivity index (χ3v) is 1.91. The molecule has 6 heteroatoms. The Labute approximate surface area is 121 Å². The van der Waals surface area contributed by atoms with Crippen molar-refractivity contribution in [3.63, 3.8) is 0 Å². The van der Waals surface area contributed by atoms with E-state index in [1.807, 2.05) is 13.8 Å². The van der Waals surface area contributed by atoms with E-state index in [9.17, 15) is 4.79 Å². The third kappa shape index (κ3) is 10.4. The lowest BCUT2D eigenvalue weighted by atomic mass is 10.1. The van der Waals surface area contributed by atoms with Gasteiger partial charge in [-0.1, -0.05) is 24.3 Å². The van der Waals surface area contributed by atoms with E-state index in [1.165, 1.54) is 12.1 Å². The molecule has 20 heavy (non-hydrogen) atoms. The Morgan fingerprint density at radius 3 is 2.15 bits per heavy atom. The summed E-state index contributed by atoms with van der Waals surface area (Å²) in [6.45, 7) is 10.4. The van der Waals surface area contributed by atoms with Crippen molar-refractivity contribution < 1.29 is 19.1 Å². The third-order valence-electron chi connectivity index (χ3n) is 1.55. The molecule has 112 valence electrons. The van der Waals surface area contributed by atoms with Crippen molar-refractivity contribution >= 4 is 14.4 Å². The first-order valence-corrected chi connectivity index (χ1v) is 6.97. The number of carbonyl (C=O) groups excluding carboxylic acids is 1. The van der Waals surface area contributed by atoms with Gasteiger partial charge in [0, 0.05) is 0 Å². The molecule has 1 aromatic carbocycles. The first-order chi connectivity index (χ1) is 9.48. The minimum atomic E-state index is -2.52. The second kappa shape index (κ2) is 13.9. The van der Waals surface area contributed by atoms with Crippen LogP contribution in [0.4, 0.5) is 0 Å². The topological polar surface area (TPSA) is 92.8 Å². The van der Waals surface area contributed by atoms with Crippen LogP contribution in [-0.4, -0.2) is 22.1 Å². The van der Waals surface area contributed by atoms with Crippen molar-refractivity contribution in [2.75, 3.05) is 6.54 Å². The monoisotopic (exact) mass is 299 g/mol. The number of benzene rings is 1. The summed E-state index contributed by atoms with van der Waals surface area (Å²) in [6, 6.07) is 6.27. The zero-order chi connectivity index (χ0) is 16.0. The molecule has 0 unspecified atom stereocenters. The Balaban J connectivity index is 0. The molecule has 1 rings (SSSR count). The summed E-state index contributed by atoms with van der Waals surface area (Å²) >= 11 is 0. The van der Waals surface area contributed by atoms with Crippen molar-refractivity contribution in [3.8, 4) is 5.75 Å². The second-order valence-electron chi connectivity index (χ2n) is 3.28. The van der Waals surface area contributed by atoms with Crippen molar-refractivity contribution in [2.24, 2.45) is 5.73 Å². The molecule has 0 bridgehead atoms. The predicted octanol–water partition coefficient (Wildman–Crippen LogP) is 2.80. The summed E-state index contributed by atoms with van der Waals surface area (Å²) in [5.41, 5.74) is 5.43. The number of nitrogens with two attached hydrogens (primary N) is 1. The highest BCUT2D eigenvalue weighted by Crippen LogP contribution is 2.31. The van der Waals surface area contributed by atoms with E-state index in [4.69, 9.17) is 15.5 Å². The number of rotatable bonds is 4. The van der Waals surface area contributed by atoms with Gasteiger partial charge in [-0.2, -0.15) is 0 Å². The normalized spacial score (nSPS) is 8.50. The average molecular weight is 299 g/mol. The van der Waals surface area contributed by atoms with Gasteiger partial charge in [-0.05, 0) is 26.0 Å². The lowest BCUT2D eigenvalue weighted by molar-refractivity contribution is 0.1000. The van der Waals surface area contributed by atoms with E-state index >= 15 is 0 Å². The van der Waals surface area contributed by atoms with Gasteiger partial charge in [0.05, 0.1) is 12.1 Å². The molecule has 0 amide bonds. The Hall–Kier alpha value is -1.52. The number of ketones is 1.